The van der Waals surface area contributed by atoms with Gasteiger partial charge in [-0.25, -0.2) is 0 Å². The average molecular weight is 342 g/mol. The van der Waals surface area contributed by atoms with E-state index in [1.54, 1.807) is 0 Å². The molecule has 108 valence electrons. The number of aryl methyl sites for hydroxylation is 2. The molecule has 3 rings (SSSR count). The van der Waals surface area contributed by atoms with Gasteiger partial charge in [0.05, 0.1) is 0 Å². The molecular formula is C19H20BrN. The van der Waals surface area contributed by atoms with Crippen LogP contribution in [0.3, 0.4) is 0 Å². The Hall–Kier alpha value is -1.38. The van der Waals surface area contributed by atoms with E-state index in [0.29, 0.717) is 0 Å². The second kappa shape index (κ2) is 6.59. The van der Waals surface area contributed by atoms with Crippen LogP contribution in [0.15, 0.2) is 53.0 Å². The molecule has 0 saturated carbocycles. The number of halogens is 1. The molecule has 0 amide bonds. The molecule has 0 atom stereocenters. The molecule has 2 aromatic carbocycles. The first kappa shape index (κ1) is 14.6. The molecule has 0 radical (unpaired) electrons. The molecule has 2 aromatic rings. The van der Waals surface area contributed by atoms with Crippen molar-refractivity contribution in [2.24, 2.45) is 0 Å². The van der Waals surface area contributed by atoms with Crippen molar-refractivity contribution in [2.75, 3.05) is 13.6 Å². The van der Waals surface area contributed by atoms with Crippen LogP contribution in [0.1, 0.15) is 28.7 Å². The van der Waals surface area contributed by atoms with E-state index >= 15 is 0 Å². The van der Waals surface area contributed by atoms with Gasteiger partial charge in [-0.15, -0.1) is 0 Å². The Morgan fingerprint density at radius 3 is 2.67 bits per heavy atom. The van der Waals surface area contributed by atoms with Gasteiger partial charge in [-0.3, -0.25) is 0 Å². The van der Waals surface area contributed by atoms with Gasteiger partial charge >= 0.3 is 0 Å². The second-order valence-corrected chi connectivity index (χ2v) is 6.38. The zero-order valence-corrected chi connectivity index (χ0v) is 13.9. The summed E-state index contributed by atoms with van der Waals surface area (Å²) >= 11 is 3.61. The number of benzene rings is 2. The number of rotatable bonds is 3. The maximum Gasteiger partial charge on any atom is 0.0178 e. The Balaban J connectivity index is 2.13. The Bertz CT molecular complexity index is 673. The highest BCUT2D eigenvalue weighted by Crippen LogP contribution is 2.34. The smallest absolute Gasteiger partial charge is 0.0178 e. The lowest BCUT2D eigenvalue weighted by Crippen LogP contribution is -2.06. The Morgan fingerprint density at radius 2 is 1.81 bits per heavy atom. The van der Waals surface area contributed by atoms with E-state index in [1.165, 1.54) is 32.3 Å². The fourth-order valence-electron chi connectivity index (χ4n) is 3.03. The molecule has 0 bridgehead atoms. The van der Waals surface area contributed by atoms with E-state index < -0.39 is 0 Å². The van der Waals surface area contributed by atoms with E-state index in [9.17, 15) is 0 Å². The fourth-order valence-corrected chi connectivity index (χ4v) is 3.44. The predicted octanol–water partition coefficient (Wildman–Crippen LogP) is 4.59. The Labute approximate surface area is 135 Å². The topological polar surface area (TPSA) is 12.0 Å². The molecule has 1 nitrogen and oxygen atoms in total. The summed E-state index contributed by atoms with van der Waals surface area (Å²) in [6.07, 6.45) is 5.65. The van der Waals surface area contributed by atoms with Crippen molar-refractivity contribution in [1.29, 1.82) is 0 Å². The monoisotopic (exact) mass is 341 g/mol. The van der Waals surface area contributed by atoms with Crippen LogP contribution >= 0.6 is 15.9 Å². The molecule has 1 aliphatic rings. The molecule has 0 spiro atoms. The number of fused-ring (bicyclic) bond motifs is 2. The fraction of sp³-hybridized carbons (Fsp3) is 0.263. The van der Waals surface area contributed by atoms with Gasteiger partial charge in [-0.05, 0) is 72.8 Å². The van der Waals surface area contributed by atoms with Crippen LogP contribution in [-0.2, 0) is 12.8 Å². The third-order valence-corrected chi connectivity index (χ3v) is 4.56. The van der Waals surface area contributed by atoms with Crippen molar-refractivity contribution < 1.29 is 0 Å². The molecule has 1 N–H and O–H groups in total. The zero-order chi connectivity index (χ0) is 14.7. The Kier molecular flexibility index (Phi) is 4.57. The summed E-state index contributed by atoms with van der Waals surface area (Å²) in [6, 6.07) is 15.5. The third kappa shape index (κ3) is 3.12. The minimum absolute atomic E-state index is 1.01. The van der Waals surface area contributed by atoms with Crippen LogP contribution < -0.4 is 5.32 Å². The van der Waals surface area contributed by atoms with E-state index in [-0.39, 0.29) is 0 Å². The summed E-state index contributed by atoms with van der Waals surface area (Å²) in [4.78, 5) is 0. The lowest BCUT2D eigenvalue weighted by molar-refractivity contribution is 0.808. The largest absolute Gasteiger partial charge is 0.319 e. The predicted molar refractivity (Wildman–Crippen MR) is 93.6 cm³/mol. The van der Waals surface area contributed by atoms with Crippen molar-refractivity contribution >= 4 is 21.5 Å². The quantitative estimate of drug-likeness (QED) is 0.805. The highest BCUT2D eigenvalue weighted by molar-refractivity contribution is 9.10. The van der Waals surface area contributed by atoms with Crippen LogP contribution in [-0.4, -0.2) is 13.6 Å². The van der Waals surface area contributed by atoms with Crippen LogP contribution in [0.25, 0.3) is 5.57 Å². The van der Waals surface area contributed by atoms with Crippen LogP contribution in [0.5, 0.6) is 0 Å². The SMILES string of the molecule is CNCC/C=C1/c2ccccc2CCc2cc(Br)ccc21. The zero-order valence-electron chi connectivity index (χ0n) is 12.3. The standard InChI is InChI=1S/C19H20BrN/c1-21-12-4-7-19-17-6-3-2-5-14(17)8-9-15-13-16(20)10-11-18(15)19/h2-3,5-7,10-11,13,21H,4,8-9,12H2,1H3/b19-7-. The van der Waals surface area contributed by atoms with E-state index in [2.05, 4.69) is 69.8 Å². The molecular weight excluding hydrogens is 322 g/mol. The van der Waals surface area contributed by atoms with Gasteiger partial charge in [-0.2, -0.15) is 0 Å². The molecule has 0 heterocycles. The second-order valence-electron chi connectivity index (χ2n) is 5.47. The van der Waals surface area contributed by atoms with Crippen molar-refractivity contribution in [1.82, 2.24) is 5.32 Å². The maximum atomic E-state index is 3.61. The highest BCUT2D eigenvalue weighted by atomic mass is 79.9. The molecule has 21 heavy (non-hydrogen) atoms. The number of nitrogens with one attached hydrogen (secondary N) is 1. The van der Waals surface area contributed by atoms with Crippen LogP contribution in [0.2, 0.25) is 0 Å². The van der Waals surface area contributed by atoms with Crippen LogP contribution in [0.4, 0.5) is 0 Å². The van der Waals surface area contributed by atoms with Gasteiger partial charge in [-0.1, -0.05) is 52.3 Å². The molecule has 0 unspecified atom stereocenters. The van der Waals surface area contributed by atoms with E-state index in [1.807, 2.05) is 7.05 Å². The molecule has 0 fully saturated rings. The molecule has 0 saturated heterocycles. The van der Waals surface area contributed by atoms with Gasteiger partial charge < -0.3 is 5.32 Å². The molecule has 2 heteroatoms. The van der Waals surface area contributed by atoms with Crippen molar-refractivity contribution in [3.05, 3.63) is 75.3 Å². The van der Waals surface area contributed by atoms with Gasteiger partial charge in [0, 0.05) is 4.47 Å². The first-order chi connectivity index (χ1) is 10.3. The average Bonchev–Trinajstić information content (AvgIpc) is 2.65. The first-order valence-corrected chi connectivity index (χ1v) is 8.30. The van der Waals surface area contributed by atoms with E-state index in [0.717, 1.165) is 25.8 Å². The van der Waals surface area contributed by atoms with Crippen molar-refractivity contribution in [2.45, 2.75) is 19.3 Å². The first-order valence-electron chi connectivity index (χ1n) is 7.51. The molecule has 1 aliphatic carbocycles. The summed E-state index contributed by atoms with van der Waals surface area (Å²) in [7, 11) is 2.00. The van der Waals surface area contributed by atoms with Gasteiger partial charge in [0.2, 0.25) is 0 Å². The van der Waals surface area contributed by atoms with E-state index in [4.69, 9.17) is 0 Å². The number of hydrogen-bond donors (Lipinski definition) is 1. The minimum Gasteiger partial charge on any atom is -0.319 e. The summed E-state index contributed by atoms with van der Waals surface area (Å²) in [6.45, 7) is 1.01. The molecule has 0 aromatic heterocycles. The van der Waals surface area contributed by atoms with Crippen molar-refractivity contribution in [3.63, 3.8) is 0 Å². The van der Waals surface area contributed by atoms with Crippen molar-refractivity contribution in [3.8, 4) is 0 Å². The maximum absolute atomic E-state index is 3.61. The van der Waals surface area contributed by atoms with Gasteiger partial charge in [0.25, 0.3) is 0 Å². The summed E-state index contributed by atoms with van der Waals surface area (Å²) in [5.74, 6) is 0. The number of hydrogen-bond acceptors (Lipinski definition) is 1. The van der Waals surface area contributed by atoms with Gasteiger partial charge in [0.15, 0.2) is 0 Å². The minimum atomic E-state index is 1.01. The summed E-state index contributed by atoms with van der Waals surface area (Å²) in [5, 5.41) is 3.23. The van der Waals surface area contributed by atoms with Gasteiger partial charge in [0.1, 0.15) is 0 Å². The normalized spacial score (nSPS) is 15.4. The highest BCUT2D eigenvalue weighted by Gasteiger charge is 2.17. The summed E-state index contributed by atoms with van der Waals surface area (Å²) in [5.41, 5.74) is 7.08. The molecule has 0 aliphatic heterocycles. The van der Waals surface area contributed by atoms with Crippen LogP contribution in [0, 0.1) is 0 Å². The lowest BCUT2D eigenvalue weighted by Gasteiger charge is -2.12. The summed E-state index contributed by atoms with van der Waals surface area (Å²) < 4.78 is 1.17. The lowest BCUT2D eigenvalue weighted by atomic mass is 9.93. The third-order valence-electron chi connectivity index (χ3n) is 4.07. The Morgan fingerprint density at radius 1 is 1.05 bits per heavy atom.